The Morgan fingerprint density at radius 3 is 1.38 bits per heavy atom. The van der Waals surface area contributed by atoms with E-state index in [-0.39, 0.29) is 5.41 Å². The van der Waals surface area contributed by atoms with E-state index in [0.29, 0.717) is 17.5 Å². The number of hydrogen-bond acceptors (Lipinski definition) is 4. The Hall–Kier alpha value is -8.86. The van der Waals surface area contributed by atoms with Crippen molar-refractivity contribution in [2.24, 2.45) is 0 Å². The van der Waals surface area contributed by atoms with E-state index in [1.807, 2.05) is 12.1 Å². The van der Waals surface area contributed by atoms with Crippen molar-refractivity contribution in [2.45, 2.75) is 19.3 Å². The average molecular weight is 881 g/mol. The van der Waals surface area contributed by atoms with Gasteiger partial charge in [0.2, 0.25) is 0 Å². The summed E-state index contributed by atoms with van der Waals surface area (Å²) in [5.74, 6) is 1.89. The molecule has 0 saturated heterocycles. The van der Waals surface area contributed by atoms with Crippen LogP contribution in [0.1, 0.15) is 25.0 Å². The Balaban J connectivity index is 0.867. The second kappa shape index (κ2) is 16.2. The van der Waals surface area contributed by atoms with Crippen molar-refractivity contribution in [3.05, 3.63) is 242 Å². The van der Waals surface area contributed by atoms with Crippen molar-refractivity contribution in [1.29, 1.82) is 0 Å². The zero-order valence-corrected chi connectivity index (χ0v) is 38.2. The molecule has 0 aliphatic heterocycles. The Morgan fingerprint density at radius 1 is 0.319 bits per heavy atom. The first-order valence-electron chi connectivity index (χ1n) is 23.6. The summed E-state index contributed by atoms with van der Waals surface area (Å²) in [5.41, 5.74) is 17.9. The van der Waals surface area contributed by atoms with Crippen molar-refractivity contribution in [2.75, 3.05) is 0 Å². The highest BCUT2D eigenvalue weighted by atomic mass is 15.0. The predicted octanol–water partition coefficient (Wildman–Crippen LogP) is 16.7. The molecule has 4 heteroatoms. The summed E-state index contributed by atoms with van der Waals surface area (Å²) in [6, 6.07) is 82.1. The van der Waals surface area contributed by atoms with E-state index in [4.69, 9.17) is 19.9 Å². The lowest BCUT2D eigenvalue weighted by Gasteiger charge is -2.25. The predicted molar refractivity (Wildman–Crippen MR) is 286 cm³/mol. The van der Waals surface area contributed by atoms with Crippen LogP contribution in [0.5, 0.6) is 0 Å². The smallest absolute Gasteiger partial charge is 0.164 e. The summed E-state index contributed by atoms with van der Waals surface area (Å²) >= 11 is 0. The molecule has 0 atom stereocenters. The highest BCUT2D eigenvalue weighted by Crippen LogP contribution is 2.54. The van der Waals surface area contributed by atoms with Crippen LogP contribution in [0.4, 0.5) is 0 Å². The van der Waals surface area contributed by atoms with Gasteiger partial charge < -0.3 is 0 Å². The molecule has 13 rings (SSSR count). The zero-order valence-electron chi connectivity index (χ0n) is 38.2. The first-order valence-corrected chi connectivity index (χ1v) is 23.6. The van der Waals surface area contributed by atoms with Crippen LogP contribution in [0.25, 0.3) is 122 Å². The van der Waals surface area contributed by atoms with Gasteiger partial charge in [0, 0.05) is 33.1 Å². The molecule has 0 radical (unpaired) electrons. The summed E-state index contributed by atoms with van der Waals surface area (Å²) in [7, 11) is 0. The van der Waals surface area contributed by atoms with E-state index in [1.165, 1.54) is 55.1 Å². The molecule has 0 fully saturated rings. The molecule has 2 heterocycles. The number of benzene rings is 10. The molecule has 0 N–H and O–H groups in total. The largest absolute Gasteiger partial charge is 0.247 e. The van der Waals surface area contributed by atoms with Gasteiger partial charge in [0.15, 0.2) is 17.5 Å². The van der Waals surface area contributed by atoms with Crippen LogP contribution in [0.3, 0.4) is 0 Å². The summed E-state index contributed by atoms with van der Waals surface area (Å²) in [5, 5.41) is 5.91. The number of nitrogens with zero attached hydrogens (tertiary/aromatic N) is 4. The van der Waals surface area contributed by atoms with Gasteiger partial charge in [0.1, 0.15) is 0 Å². The van der Waals surface area contributed by atoms with Crippen LogP contribution in [-0.2, 0) is 5.41 Å². The number of rotatable bonds is 7. The fraction of sp³-hybridized carbons (Fsp3) is 0.0462. The maximum atomic E-state index is 5.40. The summed E-state index contributed by atoms with van der Waals surface area (Å²) in [4.78, 5) is 20.7. The standard InChI is InChI=1S/C65H44N4/c1-65(2)56-20-12-11-19-55(56)61-60(65)58(59-54-18-10-9-17-46(54)37-38-57(59)66-61)47-27-21-45(22-28-47)50-33-34-52-40-53(36-35-51(52)39-50)64-68-62(48-29-23-43(24-30-48)41-13-5-3-6-14-41)67-63(69-64)49-31-25-44(26-32-49)42-15-7-4-8-16-42/h3-40H,1-2H3. The summed E-state index contributed by atoms with van der Waals surface area (Å²) < 4.78 is 0. The topological polar surface area (TPSA) is 51.6 Å². The molecule has 0 unspecified atom stereocenters. The minimum atomic E-state index is -0.220. The molecule has 0 spiro atoms. The molecule has 324 valence electrons. The molecule has 10 aromatic carbocycles. The fourth-order valence-corrected chi connectivity index (χ4v) is 10.5. The second-order valence-corrected chi connectivity index (χ2v) is 18.6. The molecule has 4 nitrogen and oxygen atoms in total. The van der Waals surface area contributed by atoms with Gasteiger partial charge >= 0.3 is 0 Å². The molecule has 0 amide bonds. The van der Waals surface area contributed by atoms with E-state index in [2.05, 4.69) is 232 Å². The van der Waals surface area contributed by atoms with Crippen molar-refractivity contribution >= 4 is 32.4 Å². The Morgan fingerprint density at radius 2 is 0.754 bits per heavy atom. The van der Waals surface area contributed by atoms with Crippen LogP contribution < -0.4 is 0 Å². The van der Waals surface area contributed by atoms with Gasteiger partial charge in [-0.3, -0.25) is 0 Å². The van der Waals surface area contributed by atoms with Crippen molar-refractivity contribution < 1.29 is 0 Å². The number of fused-ring (bicyclic) bond motifs is 7. The van der Waals surface area contributed by atoms with Crippen LogP contribution in [0, 0.1) is 0 Å². The van der Waals surface area contributed by atoms with Crippen molar-refractivity contribution in [3.8, 4) is 89.9 Å². The molecule has 2 aromatic heterocycles. The van der Waals surface area contributed by atoms with Crippen LogP contribution in [0.2, 0.25) is 0 Å². The molecule has 0 bridgehead atoms. The number of hydrogen-bond donors (Lipinski definition) is 0. The van der Waals surface area contributed by atoms with Gasteiger partial charge in [-0.1, -0.05) is 226 Å². The van der Waals surface area contributed by atoms with Gasteiger partial charge in [0.05, 0.1) is 11.2 Å². The molecule has 1 aliphatic rings. The molecule has 69 heavy (non-hydrogen) atoms. The van der Waals surface area contributed by atoms with E-state index in [1.54, 1.807) is 0 Å². The van der Waals surface area contributed by atoms with E-state index >= 15 is 0 Å². The third kappa shape index (κ3) is 7.00. The quantitative estimate of drug-likeness (QED) is 0.150. The highest BCUT2D eigenvalue weighted by Gasteiger charge is 2.39. The van der Waals surface area contributed by atoms with Crippen LogP contribution in [0.15, 0.2) is 231 Å². The molecule has 12 aromatic rings. The Kier molecular flexibility index (Phi) is 9.48. The van der Waals surface area contributed by atoms with E-state index < -0.39 is 0 Å². The van der Waals surface area contributed by atoms with Crippen molar-refractivity contribution in [3.63, 3.8) is 0 Å². The summed E-state index contributed by atoms with van der Waals surface area (Å²) in [6.45, 7) is 4.70. The van der Waals surface area contributed by atoms with Gasteiger partial charge in [-0.15, -0.1) is 0 Å². The van der Waals surface area contributed by atoms with Crippen LogP contribution >= 0.6 is 0 Å². The van der Waals surface area contributed by atoms with Gasteiger partial charge in [-0.2, -0.15) is 0 Å². The van der Waals surface area contributed by atoms with Gasteiger partial charge in [-0.25, -0.2) is 19.9 Å². The van der Waals surface area contributed by atoms with Crippen LogP contribution in [-0.4, -0.2) is 19.9 Å². The lowest BCUT2D eigenvalue weighted by molar-refractivity contribution is 0.662. The molecule has 0 saturated carbocycles. The number of pyridine rings is 1. The maximum Gasteiger partial charge on any atom is 0.164 e. The fourth-order valence-electron chi connectivity index (χ4n) is 10.5. The molecular weight excluding hydrogens is 837 g/mol. The minimum absolute atomic E-state index is 0.220. The second-order valence-electron chi connectivity index (χ2n) is 18.6. The number of aromatic nitrogens is 4. The Labute approximate surface area is 401 Å². The van der Waals surface area contributed by atoms with Crippen molar-refractivity contribution in [1.82, 2.24) is 19.9 Å². The SMILES string of the molecule is CC1(C)c2ccccc2-c2nc3ccc4ccccc4c3c(-c3ccc(-c4ccc5cc(-c6nc(-c7ccc(-c8ccccc8)cc7)nc(-c7ccc(-c8ccccc8)cc7)n6)ccc5c4)cc3)c21. The zero-order chi connectivity index (χ0) is 46.1. The lowest BCUT2D eigenvalue weighted by Crippen LogP contribution is -2.16. The van der Waals surface area contributed by atoms with Gasteiger partial charge in [-0.05, 0) is 95.4 Å². The van der Waals surface area contributed by atoms with E-state index in [0.717, 1.165) is 60.9 Å². The highest BCUT2D eigenvalue weighted by molar-refractivity contribution is 6.16. The Bertz CT molecular complexity index is 3830. The first kappa shape index (κ1) is 40.4. The minimum Gasteiger partial charge on any atom is -0.247 e. The average Bonchev–Trinajstić information content (AvgIpc) is 3.65. The lowest BCUT2D eigenvalue weighted by atomic mass is 9.78. The first-order chi connectivity index (χ1) is 33.9. The maximum absolute atomic E-state index is 5.40. The monoisotopic (exact) mass is 880 g/mol. The normalized spacial score (nSPS) is 12.6. The summed E-state index contributed by atoms with van der Waals surface area (Å²) in [6.07, 6.45) is 0. The third-order valence-corrected chi connectivity index (χ3v) is 14.1. The van der Waals surface area contributed by atoms with Gasteiger partial charge in [0.25, 0.3) is 0 Å². The molecular formula is C65H44N4. The van der Waals surface area contributed by atoms with E-state index in [9.17, 15) is 0 Å². The molecule has 1 aliphatic carbocycles. The third-order valence-electron chi connectivity index (χ3n) is 14.1.